The second-order valence-electron chi connectivity index (χ2n) is 8.12. The molecule has 0 fully saturated rings. The van der Waals surface area contributed by atoms with Gasteiger partial charge >= 0.3 is 5.97 Å². The first-order valence-corrected chi connectivity index (χ1v) is 10.9. The number of hydrogen-bond donors (Lipinski definition) is 1. The fourth-order valence-corrected chi connectivity index (χ4v) is 4.02. The van der Waals surface area contributed by atoms with Crippen molar-refractivity contribution < 1.29 is 14.3 Å². The number of carbonyl (C=O) groups excluding carboxylic acids is 2. The Hall–Kier alpha value is -3.83. The summed E-state index contributed by atoms with van der Waals surface area (Å²) in [6, 6.07) is 22.6. The minimum Gasteiger partial charge on any atom is -0.457 e. The van der Waals surface area contributed by atoms with Crippen molar-refractivity contribution in [1.29, 1.82) is 0 Å². The van der Waals surface area contributed by atoms with Crippen molar-refractivity contribution in [3.05, 3.63) is 113 Å². The van der Waals surface area contributed by atoms with Crippen LogP contribution >= 0.6 is 0 Å². The van der Waals surface area contributed by atoms with Crippen molar-refractivity contribution in [2.75, 3.05) is 6.54 Å². The number of carbonyl (C=O) groups is 2. The van der Waals surface area contributed by atoms with Crippen LogP contribution in [0.1, 0.15) is 38.5 Å². The number of Topliss-reactive ketones (excluding diaryl/α,β-unsaturated/α-hetero) is 1. The molecule has 1 heterocycles. The second-order valence-corrected chi connectivity index (χ2v) is 8.12. The zero-order chi connectivity index (χ0) is 23.2. The van der Waals surface area contributed by atoms with Crippen LogP contribution in [-0.2, 0) is 22.6 Å². The molecule has 3 aromatic carbocycles. The molecule has 33 heavy (non-hydrogen) atoms. The number of ketones is 1. The second kappa shape index (κ2) is 10.2. The minimum absolute atomic E-state index is 0.0808. The van der Waals surface area contributed by atoms with Gasteiger partial charge in [0.15, 0.2) is 0 Å². The Morgan fingerprint density at radius 3 is 2.48 bits per heavy atom. The molecular weight excluding hydrogens is 412 g/mol. The first-order valence-electron chi connectivity index (χ1n) is 10.9. The molecule has 0 bridgehead atoms. The zero-order valence-electron chi connectivity index (χ0n) is 18.5. The summed E-state index contributed by atoms with van der Waals surface area (Å²) in [7, 11) is 0. The van der Waals surface area contributed by atoms with Gasteiger partial charge in [0.1, 0.15) is 12.4 Å². The molecule has 2 N–H and O–H groups in total. The van der Waals surface area contributed by atoms with Crippen molar-refractivity contribution in [3.8, 4) is 0 Å². The summed E-state index contributed by atoms with van der Waals surface area (Å²) >= 11 is 0. The number of nitrogens with zero attached hydrogens (tertiary/aromatic N) is 1. The van der Waals surface area contributed by atoms with E-state index in [0.29, 0.717) is 12.0 Å². The average Bonchev–Trinajstić information content (AvgIpc) is 2.84. The third kappa shape index (κ3) is 5.33. The molecule has 1 unspecified atom stereocenters. The van der Waals surface area contributed by atoms with E-state index >= 15 is 0 Å². The molecule has 4 rings (SSSR count). The highest BCUT2D eigenvalue weighted by Gasteiger charge is 2.21. The fourth-order valence-electron chi connectivity index (χ4n) is 4.02. The molecule has 5 heteroatoms. The zero-order valence-corrected chi connectivity index (χ0v) is 18.5. The molecule has 4 aromatic rings. The molecule has 0 aliphatic carbocycles. The maximum absolute atomic E-state index is 13.1. The lowest BCUT2D eigenvalue weighted by molar-refractivity contribution is -0.119. The lowest BCUT2D eigenvalue weighted by atomic mass is 9.87. The van der Waals surface area contributed by atoms with E-state index in [-0.39, 0.29) is 30.8 Å². The first-order chi connectivity index (χ1) is 16.0. The van der Waals surface area contributed by atoms with Gasteiger partial charge in [-0.1, -0.05) is 54.6 Å². The normalized spacial score (nSPS) is 11.8. The van der Waals surface area contributed by atoms with Gasteiger partial charge in [-0.3, -0.25) is 9.78 Å². The molecule has 0 aliphatic heterocycles. The van der Waals surface area contributed by atoms with E-state index in [0.717, 1.165) is 33.0 Å². The van der Waals surface area contributed by atoms with Crippen LogP contribution in [0, 0.1) is 6.92 Å². The Morgan fingerprint density at radius 1 is 0.939 bits per heavy atom. The van der Waals surface area contributed by atoms with Crippen LogP contribution in [0.2, 0.25) is 0 Å². The van der Waals surface area contributed by atoms with Crippen LogP contribution in [0.15, 0.2) is 85.2 Å². The van der Waals surface area contributed by atoms with Crippen LogP contribution in [0.5, 0.6) is 0 Å². The summed E-state index contributed by atoms with van der Waals surface area (Å²) in [5, 5.41) is 2.11. The summed E-state index contributed by atoms with van der Waals surface area (Å²) in [6.07, 6.45) is 3.88. The standard InChI is InChI=1S/C28H26N2O3/c1-19-13-21(18-33-28(32)22-5-3-2-4-6-22)8-10-25(19)26(16-29)27(31)15-20-7-9-24-17-30-12-11-23(24)14-20/h2-14,17,26H,15-16,18,29H2,1H3. The number of fused-ring (bicyclic) bond motifs is 1. The molecule has 0 spiro atoms. The Morgan fingerprint density at radius 2 is 1.73 bits per heavy atom. The summed E-state index contributed by atoms with van der Waals surface area (Å²) in [4.78, 5) is 29.4. The first kappa shape index (κ1) is 22.4. The predicted molar refractivity (Wildman–Crippen MR) is 129 cm³/mol. The molecule has 0 saturated heterocycles. The van der Waals surface area contributed by atoms with Crippen LogP contribution in [0.4, 0.5) is 0 Å². The monoisotopic (exact) mass is 438 g/mol. The Labute approximate surface area is 193 Å². The van der Waals surface area contributed by atoms with Crippen LogP contribution < -0.4 is 5.73 Å². The fraction of sp³-hybridized carbons (Fsp3) is 0.179. The number of ether oxygens (including phenoxy) is 1. The van der Waals surface area contributed by atoms with E-state index in [1.807, 2.05) is 61.7 Å². The molecule has 0 radical (unpaired) electrons. The van der Waals surface area contributed by atoms with Crippen molar-refractivity contribution >= 4 is 22.5 Å². The number of aromatic nitrogens is 1. The summed E-state index contributed by atoms with van der Waals surface area (Å²) in [5.41, 5.74) is 10.2. The number of esters is 1. The number of aryl methyl sites for hydroxylation is 1. The van der Waals surface area contributed by atoms with Gasteiger partial charge in [0, 0.05) is 30.7 Å². The third-order valence-electron chi connectivity index (χ3n) is 5.80. The van der Waals surface area contributed by atoms with Gasteiger partial charge in [0.05, 0.1) is 11.5 Å². The summed E-state index contributed by atoms with van der Waals surface area (Å²) < 4.78 is 5.42. The summed E-state index contributed by atoms with van der Waals surface area (Å²) in [6.45, 7) is 2.36. The van der Waals surface area contributed by atoms with Gasteiger partial charge in [0.25, 0.3) is 0 Å². The molecule has 1 aromatic heterocycles. The van der Waals surface area contributed by atoms with Gasteiger partial charge in [0.2, 0.25) is 0 Å². The molecule has 1 atom stereocenters. The van der Waals surface area contributed by atoms with Crippen LogP contribution in [0.25, 0.3) is 10.8 Å². The van der Waals surface area contributed by atoms with E-state index in [1.165, 1.54) is 0 Å². The quantitative estimate of drug-likeness (QED) is 0.401. The van der Waals surface area contributed by atoms with Gasteiger partial charge in [-0.25, -0.2) is 4.79 Å². The lowest BCUT2D eigenvalue weighted by Gasteiger charge is -2.18. The molecule has 0 amide bonds. The molecule has 5 nitrogen and oxygen atoms in total. The molecule has 0 saturated carbocycles. The topological polar surface area (TPSA) is 82.3 Å². The molecule has 0 aliphatic rings. The largest absolute Gasteiger partial charge is 0.457 e. The lowest BCUT2D eigenvalue weighted by Crippen LogP contribution is -2.24. The number of pyridine rings is 1. The van der Waals surface area contributed by atoms with Crippen molar-refractivity contribution in [3.63, 3.8) is 0 Å². The van der Waals surface area contributed by atoms with Crippen molar-refractivity contribution in [2.45, 2.75) is 25.9 Å². The molecule has 166 valence electrons. The van der Waals surface area contributed by atoms with E-state index < -0.39 is 0 Å². The van der Waals surface area contributed by atoms with E-state index in [2.05, 4.69) is 4.98 Å². The van der Waals surface area contributed by atoms with Crippen molar-refractivity contribution in [1.82, 2.24) is 4.98 Å². The maximum Gasteiger partial charge on any atom is 0.338 e. The number of nitrogens with two attached hydrogens (primary N) is 1. The van der Waals surface area contributed by atoms with Crippen LogP contribution in [-0.4, -0.2) is 23.3 Å². The van der Waals surface area contributed by atoms with Crippen LogP contribution in [0.3, 0.4) is 0 Å². The van der Waals surface area contributed by atoms with Crippen molar-refractivity contribution in [2.24, 2.45) is 5.73 Å². The summed E-state index contributed by atoms with van der Waals surface area (Å²) in [5.74, 6) is -0.671. The number of hydrogen-bond acceptors (Lipinski definition) is 5. The third-order valence-corrected chi connectivity index (χ3v) is 5.80. The Kier molecular flexibility index (Phi) is 6.91. The molecular formula is C28H26N2O3. The number of rotatable bonds is 8. The van der Waals surface area contributed by atoms with E-state index in [1.54, 1.807) is 30.5 Å². The highest BCUT2D eigenvalue weighted by Crippen LogP contribution is 2.24. The predicted octanol–water partition coefficient (Wildman–Crippen LogP) is 4.75. The highest BCUT2D eigenvalue weighted by molar-refractivity contribution is 5.90. The van der Waals surface area contributed by atoms with Gasteiger partial charge in [-0.05, 0) is 52.8 Å². The average molecular weight is 439 g/mol. The SMILES string of the molecule is Cc1cc(COC(=O)c2ccccc2)ccc1C(CN)C(=O)Cc1ccc2cnccc2c1. The highest BCUT2D eigenvalue weighted by atomic mass is 16.5. The Bertz CT molecular complexity index is 1280. The van der Waals surface area contributed by atoms with Gasteiger partial charge < -0.3 is 10.5 Å². The van der Waals surface area contributed by atoms with Gasteiger partial charge in [-0.2, -0.15) is 0 Å². The Balaban J connectivity index is 1.44. The smallest absolute Gasteiger partial charge is 0.338 e. The van der Waals surface area contributed by atoms with E-state index in [4.69, 9.17) is 10.5 Å². The minimum atomic E-state index is -0.390. The number of benzene rings is 3. The maximum atomic E-state index is 13.1. The van der Waals surface area contributed by atoms with E-state index in [9.17, 15) is 9.59 Å². The van der Waals surface area contributed by atoms with Gasteiger partial charge in [-0.15, -0.1) is 0 Å².